The van der Waals surface area contributed by atoms with E-state index in [2.05, 4.69) is 10.6 Å². The minimum Gasteiger partial charge on any atom is -0.383 e. The fourth-order valence-corrected chi connectivity index (χ4v) is 1.77. The molecule has 1 aromatic carbocycles. The minimum atomic E-state index is 0.0516. The van der Waals surface area contributed by atoms with Crippen LogP contribution in [0.4, 0.5) is 5.69 Å². The Labute approximate surface area is 108 Å². The van der Waals surface area contributed by atoms with Gasteiger partial charge < -0.3 is 10.6 Å². The highest BCUT2D eigenvalue weighted by Crippen LogP contribution is 2.22. The van der Waals surface area contributed by atoms with Crippen molar-refractivity contribution in [1.82, 2.24) is 5.32 Å². The molecule has 0 heterocycles. The van der Waals surface area contributed by atoms with Crippen molar-refractivity contribution < 1.29 is 4.79 Å². The number of anilines is 1. The Morgan fingerprint density at radius 3 is 2.71 bits per heavy atom. The van der Waals surface area contributed by atoms with E-state index in [1.165, 1.54) is 0 Å². The van der Waals surface area contributed by atoms with Gasteiger partial charge in [-0.25, -0.2) is 0 Å². The predicted octanol–water partition coefficient (Wildman–Crippen LogP) is 2.98. The van der Waals surface area contributed by atoms with Crippen LogP contribution in [0, 0.1) is 6.92 Å². The van der Waals surface area contributed by atoms with Crippen molar-refractivity contribution in [3.05, 3.63) is 28.8 Å². The van der Waals surface area contributed by atoms with Gasteiger partial charge in [-0.2, -0.15) is 0 Å². The van der Waals surface area contributed by atoms with Crippen LogP contribution < -0.4 is 10.6 Å². The van der Waals surface area contributed by atoms with E-state index in [0.717, 1.165) is 11.3 Å². The molecule has 0 saturated carbocycles. The zero-order valence-corrected chi connectivity index (χ0v) is 11.3. The van der Waals surface area contributed by atoms with Gasteiger partial charge in [-0.3, -0.25) is 4.79 Å². The van der Waals surface area contributed by atoms with Gasteiger partial charge >= 0.3 is 0 Å². The highest BCUT2D eigenvalue weighted by Gasteiger charge is 2.04. The van der Waals surface area contributed by atoms with E-state index in [9.17, 15) is 4.79 Å². The lowest BCUT2D eigenvalue weighted by atomic mass is 10.2. The van der Waals surface area contributed by atoms with Crippen molar-refractivity contribution in [3.8, 4) is 0 Å². The summed E-state index contributed by atoms with van der Waals surface area (Å²) in [5.41, 5.74) is 1.99. The lowest BCUT2D eigenvalue weighted by Crippen LogP contribution is -2.31. The van der Waals surface area contributed by atoms with Gasteiger partial charge in [-0.1, -0.05) is 17.7 Å². The number of hydrogen-bond donors (Lipinski definition) is 2. The Balaban J connectivity index is 2.38. The van der Waals surface area contributed by atoms with Gasteiger partial charge in [0.25, 0.3) is 0 Å². The first-order valence-corrected chi connectivity index (χ1v) is 6.16. The SMILES string of the molecule is Cc1ccc(NCCC(=O)NC(C)C)c(Cl)c1. The maximum atomic E-state index is 11.4. The predicted molar refractivity (Wildman–Crippen MR) is 72.6 cm³/mol. The van der Waals surface area contributed by atoms with Crippen LogP contribution in [0.25, 0.3) is 0 Å². The third-order valence-electron chi connectivity index (χ3n) is 2.24. The molecule has 1 rings (SSSR count). The van der Waals surface area contributed by atoms with Crippen molar-refractivity contribution in [1.29, 1.82) is 0 Å². The molecular formula is C13H19ClN2O. The van der Waals surface area contributed by atoms with E-state index in [0.29, 0.717) is 18.0 Å². The summed E-state index contributed by atoms with van der Waals surface area (Å²) in [4.78, 5) is 11.4. The molecule has 4 heteroatoms. The number of nitrogens with one attached hydrogen (secondary N) is 2. The smallest absolute Gasteiger partial charge is 0.221 e. The molecule has 94 valence electrons. The molecule has 2 N–H and O–H groups in total. The van der Waals surface area contributed by atoms with Crippen LogP contribution in [0.3, 0.4) is 0 Å². The van der Waals surface area contributed by atoms with E-state index >= 15 is 0 Å². The molecule has 0 aromatic heterocycles. The Bertz CT molecular complexity index is 391. The number of carbonyl (C=O) groups excluding carboxylic acids is 1. The molecule has 0 aliphatic heterocycles. The van der Waals surface area contributed by atoms with E-state index in [4.69, 9.17) is 11.6 Å². The summed E-state index contributed by atoms with van der Waals surface area (Å²) in [5.74, 6) is 0.0516. The van der Waals surface area contributed by atoms with Crippen LogP contribution in [0.2, 0.25) is 5.02 Å². The Morgan fingerprint density at radius 2 is 2.12 bits per heavy atom. The van der Waals surface area contributed by atoms with E-state index in [1.54, 1.807) is 0 Å². The fraction of sp³-hybridized carbons (Fsp3) is 0.462. The van der Waals surface area contributed by atoms with E-state index in [1.807, 2.05) is 39.0 Å². The van der Waals surface area contributed by atoms with Crippen molar-refractivity contribution in [2.24, 2.45) is 0 Å². The molecule has 0 aliphatic rings. The summed E-state index contributed by atoms with van der Waals surface area (Å²) in [6.07, 6.45) is 0.447. The van der Waals surface area contributed by atoms with Crippen LogP contribution in [0.15, 0.2) is 18.2 Å². The van der Waals surface area contributed by atoms with E-state index in [-0.39, 0.29) is 11.9 Å². The highest BCUT2D eigenvalue weighted by atomic mass is 35.5. The number of carbonyl (C=O) groups is 1. The molecule has 0 radical (unpaired) electrons. The summed E-state index contributed by atoms with van der Waals surface area (Å²) in [7, 11) is 0. The first-order valence-electron chi connectivity index (χ1n) is 5.78. The third kappa shape index (κ3) is 5.09. The molecule has 0 aliphatic carbocycles. The van der Waals surface area contributed by atoms with Gasteiger partial charge in [-0.05, 0) is 38.5 Å². The number of rotatable bonds is 5. The average molecular weight is 255 g/mol. The molecule has 0 bridgehead atoms. The van der Waals surface area contributed by atoms with Crippen LogP contribution >= 0.6 is 11.6 Å². The van der Waals surface area contributed by atoms with Crippen molar-refractivity contribution >= 4 is 23.2 Å². The molecule has 1 aromatic rings. The lowest BCUT2D eigenvalue weighted by molar-refractivity contribution is -0.121. The van der Waals surface area contributed by atoms with Crippen molar-refractivity contribution in [2.45, 2.75) is 33.2 Å². The van der Waals surface area contributed by atoms with Gasteiger partial charge in [0.05, 0.1) is 10.7 Å². The second kappa shape index (κ2) is 6.50. The second-order valence-corrected chi connectivity index (χ2v) is 4.79. The van der Waals surface area contributed by atoms with Crippen LogP contribution in [0.1, 0.15) is 25.8 Å². The van der Waals surface area contributed by atoms with Gasteiger partial charge in [-0.15, -0.1) is 0 Å². The largest absolute Gasteiger partial charge is 0.383 e. The van der Waals surface area contributed by atoms with Gasteiger partial charge in [0, 0.05) is 19.0 Å². The number of benzene rings is 1. The Hall–Kier alpha value is -1.22. The van der Waals surface area contributed by atoms with Gasteiger partial charge in [0.2, 0.25) is 5.91 Å². The maximum Gasteiger partial charge on any atom is 0.221 e. The fourth-order valence-electron chi connectivity index (χ4n) is 1.47. The average Bonchev–Trinajstić information content (AvgIpc) is 2.20. The lowest BCUT2D eigenvalue weighted by Gasteiger charge is -2.10. The first kappa shape index (κ1) is 13.8. The molecular weight excluding hydrogens is 236 g/mol. The number of amides is 1. The van der Waals surface area contributed by atoms with Gasteiger partial charge in [0.15, 0.2) is 0 Å². The Kier molecular flexibility index (Phi) is 5.29. The molecule has 0 spiro atoms. The molecule has 17 heavy (non-hydrogen) atoms. The Morgan fingerprint density at radius 1 is 1.41 bits per heavy atom. The molecule has 1 amide bonds. The zero-order chi connectivity index (χ0) is 12.8. The standard InChI is InChI=1S/C13H19ClN2O/c1-9(2)16-13(17)6-7-15-12-5-4-10(3)8-11(12)14/h4-5,8-9,15H,6-7H2,1-3H3,(H,16,17). The molecule has 0 saturated heterocycles. The summed E-state index contributed by atoms with van der Waals surface area (Å²) < 4.78 is 0. The monoisotopic (exact) mass is 254 g/mol. The quantitative estimate of drug-likeness (QED) is 0.848. The summed E-state index contributed by atoms with van der Waals surface area (Å²) in [5, 5.41) is 6.68. The molecule has 3 nitrogen and oxygen atoms in total. The number of hydrogen-bond acceptors (Lipinski definition) is 2. The second-order valence-electron chi connectivity index (χ2n) is 4.38. The topological polar surface area (TPSA) is 41.1 Å². The molecule has 0 fully saturated rings. The molecule has 0 atom stereocenters. The number of halogens is 1. The summed E-state index contributed by atoms with van der Waals surface area (Å²) >= 11 is 6.07. The summed E-state index contributed by atoms with van der Waals surface area (Å²) in [6, 6.07) is 6.00. The normalized spacial score (nSPS) is 10.4. The van der Waals surface area contributed by atoms with Crippen LogP contribution in [-0.4, -0.2) is 18.5 Å². The number of aryl methyl sites for hydroxylation is 1. The zero-order valence-electron chi connectivity index (χ0n) is 10.5. The third-order valence-corrected chi connectivity index (χ3v) is 2.55. The summed E-state index contributed by atoms with van der Waals surface area (Å²) in [6.45, 7) is 6.47. The maximum absolute atomic E-state index is 11.4. The van der Waals surface area contributed by atoms with Crippen LogP contribution in [-0.2, 0) is 4.79 Å². The van der Waals surface area contributed by atoms with Crippen molar-refractivity contribution in [3.63, 3.8) is 0 Å². The first-order chi connectivity index (χ1) is 7.99. The minimum absolute atomic E-state index is 0.0516. The van der Waals surface area contributed by atoms with Crippen molar-refractivity contribution in [2.75, 3.05) is 11.9 Å². The van der Waals surface area contributed by atoms with Gasteiger partial charge in [0.1, 0.15) is 0 Å². The highest BCUT2D eigenvalue weighted by molar-refractivity contribution is 6.33. The van der Waals surface area contributed by atoms with Crippen LogP contribution in [0.5, 0.6) is 0 Å². The van der Waals surface area contributed by atoms with E-state index < -0.39 is 0 Å². The molecule has 0 unspecified atom stereocenters.